The van der Waals surface area contributed by atoms with E-state index in [4.69, 9.17) is 23.2 Å². The molecule has 1 N–H and O–H groups in total. The monoisotopic (exact) mass is 330 g/mol. The smallest absolute Gasteiger partial charge is 0.0931 e. The Hall–Kier alpha value is -0.320. The van der Waals surface area contributed by atoms with Gasteiger partial charge in [0, 0.05) is 35.2 Å². The van der Waals surface area contributed by atoms with Crippen molar-refractivity contribution in [3.8, 4) is 0 Å². The Bertz CT molecular complexity index is 470. The van der Waals surface area contributed by atoms with Crippen molar-refractivity contribution in [3.05, 3.63) is 33.8 Å². The number of nitrogens with zero attached hydrogens (tertiary/aromatic N) is 2. The normalized spacial score (nSPS) is 21.1. The van der Waals surface area contributed by atoms with Crippen LogP contribution < -0.4 is 0 Å². The highest BCUT2D eigenvalue weighted by atomic mass is 35.5. The first-order chi connectivity index (χ1) is 9.99. The van der Waals surface area contributed by atoms with E-state index >= 15 is 0 Å². The lowest BCUT2D eigenvalue weighted by Gasteiger charge is -2.22. The molecular weight excluding hydrogens is 307 g/mol. The molecule has 118 valence electrons. The zero-order valence-electron chi connectivity index (χ0n) is 12.7. The van der Waals surface area contributed by atoms with Crippen LogP contribution in [-0.4, -0.2) is 54.7 Å². The summed E-state index contributed by atoms with van der Waals surface area (Å²) < 4.78 is 0. The average Bonchev–Trinajstić information content (AvgIpc) is 2.85. The van der Waals surface area contributed by atoms with Gasteiger partial charge in [0.15, 0.2) is 0 Å². The minimum Gasteiger partial charge on any atom is -0.387 e. The summed E-state index contributed by atoms with van der Waals surface area (Å²) in [5.74, 6) is 0.697. The van der Waals surface area contributed by atoms with Gasteiger partial charge in [0.1, 0.15) is 0 Å². The van der Waals surface area contributed by atoms with Crippen molar-refractivity contribution in [2.45, 2.75) is 19.4 Å². The maximum Gasteiger partial charge on any atom is 0.0931 e. The topological polar surface area (TPSA) is 26.7 Å². The Morgan fingerprint density at radius 2 is 2.19 bits per heavy atom. The zero-order valence-corrected chi connectivity index (χ0v) is 14.2. The number of halogens is 2. The van der Waals surface area contributed by atoms with Crippen LogP contribution in [0.5, 0.6) is 0 Å². The third kappa shape index (κ3) is 4.83. The van der Waals surface area contributed by atoms with Crippen molar-refractivity contribution in [1.29, 1.82) is 0 Å². The predicted octanol–water partition coefficient (Wildman–Crippen LogP) is 3.30. The number of β-amino-alcohol motifs (C(OH)–C–C–N with tert-alkyl or cyclic N) is 1. The quantitative estimate of drug-likeness (QED) is 0.866. The molecule has 0 bridgehead atoms. The van der Waals surface area contributed by atoms with Crippen molar-refractivity contribution in [1.82, 2.24) is 9.80 Å². The first kappa shape index (κ1) is 17.0. The van der Waals surface area contributed by atoms with Gasteiger partial charge in [0.2, 0.25) is 0 Å². The molecule has 1 heterocycles. The highest BCUT2D eigenvalue weighted by molar-refractivity contribution is 6.35. The van der Waals surface area contributed by atoms with Crippen LogP contribution in [-0.2, 0) is 0 Å². The molecule has 0 aliphatic carbocycles. The standard InChI is InChI=1S/C16H24Cl2N2O/c1-3-19(2)9-12-6-7-20(10-12)11-16(21)14-5-4-13(17)8-15(14)18/h4-5,8,12,16,21H,3,6-7,9-11H2,1-2H3. The largest absolute Gasteiger partial charge is 0.387 e. The summed E-state index contributed by atoms with van der Waals surface area (Å²) in [4.78, 5) is 4.67. The van der Waals surface area contributed by atoms with Crippen LogP contribution in [0.15, 0.2) is 18.2 Å². The lowest BCUT2D eigenvalue weighted by molar-refractivity contribution is 0.123. The van der Waals surface area contributed by atoms with Gasteiger partial charge in [-0.3, -0.25) is 0 Å². The number of rotatable bonds is 6. The number of hydrogen-bond acceptors (Lipinski definition) is 3. The van der Waals surface area contributed by atoms with Gasteiger partial charge in [0.25, 0.3) is 0 Å². The molecule has 0 saturated carbocycles. The van der Waals surface area contributed by atoms with Gasteiger partial charge in [-0.25, -0.2) is 0 Å². The van der Waals surface area contributed by atoms with Crippen LogP contribution in [0.3, 0.4) is 0 Å². The predicted molar refractivity (Wildman–Crippen MR) is 89.1 cm³/mol. The molecule has 1 fully saturated rings. The van der Waals surface area contributed by atoms with Crippen molar-refractivity contribution >= 4 is 23.2 Å². The van der Waals surface area contributed by atoms with Gasteiger partial charge in [0.05, 0.1) is 6.10 Å². The van der Waals surface area contributed by atoms with Gasteiger partial charge in [-0.2, -0.15) is 0 Å². The highest BCUT2D eigenvalue weighted by Crippen LogP contribution is 2.28. The van der Waals surface area contributed by atoms with E-state index in [1.54, 1.807) is 12.1 Å². The van der Waals surface area contributed by atoms with E-state index in [1.165, 1.54) is 6.42 Å². The zero-order chi connectivity index (χ0) is 15.4. The molecule has 21 heavy (non-hydrogen) atoms. The Kier molecular flexibility index (Phi) is 6.33. The minimum absolute atomic E-state index is 0.538. The SMILES string of the molecule is CCN(C)CC1CCN(CC(O)c2ccc(Cl)cc2Cl)C1. The van der Waals surface area contributed by atoms with Crippen molar-refractivity contribution in [2.75, 3.05) is 39.8 Å². The number of aliphatic hydroxyl groups is 1. The maximum atomic E-state index is 10.4. The molecule has 1 aliphatic rings. The molecule has 1 aromatic rings. The number of benzene rings is 1. The lowest BCUT2D eigenvalue weighted by Crippen LogP contribution is -2.30. The van der Waals surface area contributed by atoms with Crippen LogP contribution in [0.1, 0.15) is 25.0 Å². The second-order valence-electron chi connectivity index (χ2n) is 5.95. The Labute approximate surface area is 137 Å². The Morgan fingerprint density at radius 1 is 1.43 bits per heavy atom. The molecule has 0 amide bonds. The molecule has 1 aliphatic heterocycles. The van der Waals surface area contributed by atoms with Crippen LogP contribution in [0, 0.1) is 5.92 Å². The Balaban J connectivity index is 1.87. The number of hydrogen-bond donors (Lipinski definition) is 1. The second-order valence-corrected chi connectivity index (χ2v) is 6.79. The molecule has 0 spiro atoms. The summed E-state index contributed by atoms with van der Waals surface area (Å²) in [5.41, 5.74) is 0.759. The molecule has 0 aromatic heterocycles. The molecule has 3 nitrogen and oxygen atoms in total. The summed E-state index contributed by atoms with van der Waals surface area (Å²) >= 11 is 12.0. The fraction of sp³-hybridized carbons (Fsp3) is 0.625. The minimum atomic E-state index is -0.558. The molecule has 2 rings (SSSR count). The maximum absolute atomic E-state index is 10.4. The van der Waals surface area contributed by atoms with E-state index in [1.807, 2.05) is 6.07 Å². The molecule has 1 saturated heterocycles. The molecule has 2 unspecified atom stereocenters. The molecule has 5 heteroatoms. The van der Waals surface area contributed by atoms with Gasteiger partial charge >= 0.3 is 0 Å². The third-order valence-electron chi connectivity index (χ3n) is 4.23. The van der Waals surface area contributed by atoms with Crippen molar-refractivity contribution in [3.63, 3.8) is 0 Å². The second kappa shape index (κ2) is 7.80. The van der Waals surface area contributed by atoms with E-state index in [0.29, 0.717) is 22.5 Å². The van der Waals surface area contributed by atoms with Crippen LogP contribution in [0.2, 0.25) is 10.0 Å². The Morgan fingerprint density at radius 3 is 2.86 bits per heavy atom. The number of aliphatic hydroxyl groups excluding tert-OH is 1. The fourth-order valence-electron chi connectivity index (χ4n) is 2.91. The first-order valence-electron chi connectivity index (χ1n) is 7.53. The molecule has 2 atom stereocenters. The molecule has 1 aromatic carbocycles. The van der Waals surface area contributed by atoms with E-state index in [0.717, 1.165) is 31.7 Å². The van der Waals surface area contributed by atoms with E-state index in [-0.39, 0.29) is 0 Å². The van der Waals surface area contributed by atoms with Crippen molar-refractivity contribution in [2.24, 2.45) is 5.92 Å². The lowest BCUT2D eigenvalue weighted by atomic mass is 10.1. The van der Waals surface area contributed by atoms with Gasteiger partial charge in [-0.15, -0.1) is 0 Å². The summed E-state index contributed by atoms with van der Waals surface area (Å²) in [6.45, 7) is 7.12. The van der Waals surface area contributed by atoms with E-state index in [9.17, 15) is 5.11 Å². The molecule has 0 radical (unpaired) electrons. The van der Waals surface area contributed by atoms with Crippen LogP contribution in [0.4, 0.5) is 0 Å². The summed E-state index contributed by atoms with van der Waals surface area (Å²) in [6, 6.07) is 5.27. The van der Waals surface area contributed by atoms with Crippen molar-refractivity contribution < 1.29 is 5.11 Å². The van der Waals surface area contributed by atoms with Crippen LogP contribution >= 0.6 is 23.2 Å². The molecular formula is C16H24Cl2N2O. The van der Waals surface area contributed by atoms with Gasteiger partial charge < -0.3 is 14.9 Å². The summed E-state index contributed by atoms with van der Waals surface area (Å²) in [6.07, 6.45) is 0.642. The van der Waals surface area contributed by atoms with Gasteiger partial charge in [-0.05, 0) is 44.6 Å². The van der Waals surface area contributed by atoms with E-state index < -0.39 is 6.10 Å². The average molecular weight is 331 g/mol. The summed E-state index contributed by atoms with van der Waals surface area (Å²) in [7, 11) is 2.16. The van der Waals surface area contributed by atoms with Gasteiger partial charge in [-0.1, -0.05) is 36.2 Å². The third-order valence-corrected chi connectivity index (χ3v) is 4.79. The first-order valence-corrected chi connectivity index (χ1v) is 8.29. The van der Waals surface area contributed by atoms with Crippen LogP contribution in [0.25, 0.3) is 0 Å². The number of likely N-dealkylation sites (tertiary alicyclic amines) is 1. The van der Waals surface area contributed by atoms with E-state index in [2.05, 4.69) is 23.8 Å². The summed E-state index contributed by atoms with van der Waals surface area (Å²) in [5, 5.41) is 11.5. The highest BCUT2D eigenvalue weighted by Gasteiger charge is 2.25. The fourth-order valence-corrected chi connectivity index (χ4v) is 3.45.